The molecule has 3 rings (SSSR count). The first-order valence-electron chi connectivity index (χ1n) is 8.97. The summed E-state index contributed by atoms with van der Waals surface area (Å²) in [5.74, 6) is -0.747. The van der Waals surface area contributed by atoms with Crippen LogP contribution in [0.1, 0.15) is 53.5 Å². The van der Waals surface area contributed by atoms with E-state index in [2.05, 4.69) is 20.9 Å². The minimum absolute atomic E-state index is 0.160. The molecule has 1 fully saturated rings. The summed E-state index contributed by atoms with van der Waals surface area (Å²) >= 11 is 0. The standard InChI is InChI=1S/C20H22N4O3/c1-13(25)22-16-6-8-17(9-7-16)23-19(26)14-10-11-21-18(12-14)20(27)24-15-4-2-3-5-15/h6-12,15H,2-5H2,1H3,(H,22,25)(H,23,26)(H,24,27). The number of hydrogen-bond acceptors (Lipinski definition) is 4. The van der Waals surface area contributed by atoms with Crippen LogP contribution in [-0.4, -0.2) is 28.7 Å². The molecule has 2 aromatic rings. The van der Waals surface area contributed by atoms with Gasteiger partial charge in [0.05, 0.1) is 0 Å². The minimum Gasteiger partial charge on any atom is -0.348 e. The second kappa shape index (κ2) is 8.44. The van der Waals surface area contributed by atoms with Gasteiger partial charge in [-0.25, -0.2) is 0 Å². The number of hydrogen-bond donors (Lipinski definition) is 3. The van der Waals surface area contributed by atoms with Crippen LogP contribution in [0.5, 0.6) is 0 Å². The quantitative estimate of drug-likeness (QED) is 0.757. The molecular weight excluding hydrogens is 344 g/mol. The first-order chi connectivity index (χ1) is 13.0. The topological polar surface area (TPSA) is 100 Å². The molecule has 1 aromatic carbocycles. The number of carbonyl (C=O) groups is 3. The van der Waals surface area contributed by atoms with Crippen LogP contribution >= 0.6 is 0 Å². The monoisotopic (exact) mass is 366 g/mol. The van der Waals surface area contributed by atoms with Crippen molar-refractivity contribution in [1.82, 2.24) is 10.3 Å². The number of pyridine rings is 1. The fraction of sp³-hybridized carbons (Fsp3) is 0.300. The van der Waals surface area contributed by atoms with Gasteiger partial charge >= 0.3 is 0 Å². The molecule has 0 bridgehead atoms. The van der Waals surface area contributed by atoms with Crippen molar-refractivity contribution >= 4 is 29.1 Å². The zero-order chi connectivity index (χ0) is 19.2. The Morgan fingerprint density at radius 1 is 0.926 bits per heavy atom. The van der Waals surface area contributed by atoms with E-state index >= 15 is 0 Å². The number of carbonyl (C=O) groups excluding carboxylic acids is 3. The molecule has 1 saturated carbocycles. The molecule has 1 aliphatic rings. The van der Waals surface area contributed by atoms with Gasteiger partial charge in [0.1, 0.15) is 5.69 Å². The molecular formula is C20H22N4O3. The lowest BCUT2D eigenvalue weighted by atomic mass is 10.2. The van der Waals surface area contributed by atoms with E-state index in [0.717, 1.165) is 25.7 Å². The Hall–Kier alpha value is -3.22. The molecule has 27 heavy (non-hydrogen) atoms. The molecule has 0 aliphatic heterocycles. The number of benzene rings is 1. The molecule has 7 heteroatoms. The number of anilines is 2. The van der Waals surface area contributed by atoms with Gasteiger partial charge in [-0.3, -0.25) is 19.4 Å². The Morgan fingerprint density at radius 3 is 2.19 bits per heavy atom. The Balaban J connectivity index is 1.64. The molecule has 1 heterocycles. The molecule has 7 nitrogen and oxygen atoms in total. The van der Waals surface area contributed by atoms with Gasteiger partial charge in [0.15, 0.2) is 0 Å². The molecule has 0 saturated heterocycles. The molecule has 3 amide bonds. The van der Waals surface area contributed by atoms with Gasteiger partial charge in [-0.15, -0.1) is 0 Å². The lowest BCUT2D eigenvalue weighted by Gasteiger charge is -2.12. The van der Waals surface area contributed by atoms with Crippen molar-refractivity contribution in [3.05, 3.63) is 53.9 Å². The molecule has 1 aliphatic carbocycles. The van der Waals surface area contributed by atoms with Gasteiger partial charge in [-0.05, 0) is 49.2 Å². The van der Waals surface area contributed by atoms with E-state index in [4.69, 9.17) is 0 Å². The van der Waals surface area contributed by atoms with Gasteiger partial charge < -0.3 is 16.0 Å². The van der Waals surface area contributed by atoms with Crippen LogP contribution in [-0.2, 0) is 4.79 Å². The van der Waals surface area contributed by atoms with Crippen molar-refractivity contribution in [2.45, 2.75) is 38.6 Å². The van der Waals surface area contributed by atoms with Gasteiger partial charge in [-0.2, -0.15) is 0 Å². The van der Waals surface area contributed by atoms with Crippen LogP contribution in [0.3, 0.4) is 0 Å². The van der Waals surface area contributed by atoms with E-state index < -0.39 is 0 Å². The van der Waals surface area contributed by atoms with E-state index in [0.29, 0.717) is 16.9 Å². The van der Waals surface area contributed by atoms with Gasteiger partial charge in [0.2, 0.25) is 5.91 Å². The number of amides is 3. The molecule has 3 N–H and O–H groups in total. The predicted molar refractivity (Wildman–Crippen MR) is 103 cm³/mol. The summed E-state index contributed by atoms with van der Waals surface area (Å²) in [6.45, 7) is 1.43. The zero-order valence-corrected chi connectivity index (χ0v) is 15.1. The van der Waals surface area contributed by atoms with Gasteiger partial charge in [-0.1, -0.05) is 12.8 Å². The van der Waals surface area contributed by atoms with Crippen molar-refractivity contribution in [3.8, 4) is 0 Å². The van der Waals surface area contributed by atoms with Crippen LogP contribution in [0.25, 0.3) is 0 Å². The zero-order valence-electron chi connectivity index (χ0n) is 15.1. The maximum atomic E-state index is 12.5. The van der Waals surface area contributed by atoms with E-state index in [-0.39, 0.29) is 29.5 Å². The molecule has 0 radical (unpaired) electrons. The second-order valence-corrected chi connectivity index (χ2v) is 6.60. The van der Waals surface area contributed by atoms with Gasteiger partial charge in [0.25, 0.3) is 11.8 Å². The minimum atomic E-state index is -0.334. The third-order valence-electron chi connectivity index (χ3n) is 4.41. The number of rotatable bonds is 5. The van der Waals surface area contributed by atoms with Crippen molar-refractivity contribution in [1.29, 1.82) is 0 Å². The van der Waals surface area contributed by atoms with Crippen molar-refractivity contribution in [2.75, 3.05) is 10.6 Å². The summed E-state index contributed by atoms with van der Waals surface area (Å²) in [4.78, 5) is 39.9. The van der Waals surface area contributed by atoms with Crippen LogP contribution in [0.15, 0.2) is 42.6 Å². The molecule has 0 spiro atoms. The normalized spacial score (nSPS) is 13.8. The maximum absolute atomic E-state index is 12.5. The summed E-state index contributed by atoms with van der Waals surface area (Å²) in [6.07, 6.45) is 5.68. The van der Waals surface area contributed by atoms with Crippen LogP contribution in [0, 0.1) is 0 Å². The fourth-order valence-electron chi connectivity index (χ4n) is 3.07. The SMILES string of the molecule is CC(=O)Nc1ccc(NC(=O)c2ccnc(C(=O)NC3CCCC3)c2)cc1. The molecule has 0 unspecified atom stereocenters. The summed E-state index contributed by atoms with van der Waals surface area (Å²) in [6, 6.07) is 10.0. The molecule has 140 valence electrons. The second-order valence-electron chi connectivity index (χ2n) is 6.60. The average Bonchev–Trinajstić information content (AvgIpc) is 3.16. The first-order valence-corrected chi connectivity index (χ1v) is 8.97. The summed E-state index contributed by atoms with van der Waals surface area (Å²) in [7, 11) is 0. The number of aromatic nitrogens is 1. The van der Waals surface area contributed by atoms with Crippen LogP contribution in [0.4, 0.5) is 11.4 Å². The summed E-state index contributed by atoms with van der Waals surface area (Å²) in [5.41, 5.74) is 1.82. The molecule has 1 aromatic heterocycles. The largest absolute Gasteiger partial charge is 0.348 e. The fourth-order valence-corrected chi connectivity index (χ4v) is 3.07. The number of nitrogens with one attached hydrogen (secondary N) is 3. The van der Waals surface area contributed by atoms with Crippen molar-refractivity contribution in [2.24, 2.45) is 0 Å². The lowest BCUT2D eigenvalue weighted by Crippen LogP contribution is -2.33. The Morgan fingerprint density at radius 2 is 1.56 bits per heavy atom. The number of nitrogens with zero attached hydrogens (tertiary/aromatic N) is 1. The Kier molecular flexibility index (Phi) is 5.80. The van der Waals surface area contributed by atoms with Crippen molar-refractivity contribution < 1.29 is 14.4 Å². The Labute approximate surface area is 157 Å². The Bertz CT molecular complexity index is 843. The lowest BCUT2D eigenvalue weighted by molar-refractivity contribution is -0.114. The highest BCUT2D eigenvalue weighted by Gasteiger charge is 2.19. The van der Waals surface area contributed by atoms with Crippen LogP contribution < -0.4 is 16.0 Å². The molecule has 0 atom stereocenters. The summed E-state index contributed by atoms with van der Waals surface area (Å²) < 4.78 is 0. The van der Waals surface area contributed by atoms with E-state index in [1.165, 1.54) is 19.2 Å². The third-order valence-corrected chi connectivity index (χ3v) is 4.41. The van der Waals surface area contributed by atoms with E-state index in [1.54, 1.807) is 30.3 Å². The highest BCUT2D eigenvalue weighted by Crippen LogP contribution is 2.18. The van der Waals surface area contributed by atoms with E-state index in [9.17, 15) is 14.4 Å². The smallest absolute Gasteiger partial charge is 0.270 e. The van der Waals surface area contributed by atoms with Gasteiger partial charge in [0, 0.05) is 36.1 Å². The van der Waals surface area contributed by atoms with Crippen LogP contribution in [0.2, 0.25) is 0 Å². The average molecular weight is 366 g/mol. The maximum Gasteiger partial charge on any atom is 0.270 e. The van der Waals surface area contributed by atoms with E-state index in [1.807, 2.05) is 0 Å². The predicted octanol–water partition coefficient (Wildman–Crippen LogP) is 2.96. The third kappa shape index (κ3) is 5.13. The highest BCUT2D eigenvalue weighted by atomic mass is 16.2. The van der Waals surface area contributed by atoms with Crippen molar-refractivity contribution in [3.63, 3.8) is 0 Å². The summed E-state index contributed by atoms with van der Waals surface area (Å²) in [5, 5.41) is 8.39. The highest BCUT2D eigenvalue weighted by molar-refractivity contribution is 6.05. The first kappa shape index (κ1) is 18.6.